The third-order valence-corrected chi connectivity index (χ3v) is 4.66. The van der Waals surface area contributed by atoms with Gasteiger partial charge in [-0.25, -0.2) is 4.98 Å². The minimum Gasteiger partial charge on any atom is -0.292 e. The van der Waals surface area contributed by atoms with Crippen LogP contribution >= 0.6 is 22.7 Å². The Labute approximate surface area is 95.6 Å². The van der Waals surface area contributed by atoms with Crippen LogP contribution in [0.15, 0.2) is 17.5 Å². The van der Waals surface area contributed by atoms with Crippen LogP contribution in [0.3, 0.4) is 0 Å². The highest BCUT2D eigenvalue weighted by Gasteiger charge is 2.22. The van der Waals surface area contributed by atoms with E-state index in [-0.39, 0.29) is 5.78 Å². The first-order valence-electron chi connectivity index (χ1n) is 4.91. The molecule has 0 N–H and O–H groups in total. The molecule has 0 radical (unpaired) electrons. The monoisotopic (exact) mass is 235 g/mol. The summed E-state index contributed by atoms with van der Waals surface area (Å²) in [6.45, 7) is 0. The van der Waals surface area contributed by atoms with Crippen molar-refractivity contribution in [3.63, 3.8) is 0 Å². The van der Waals surface area contributed by atoms with E-state index in [0.717, 1.165) is 23.5 Å². The Morgan fingerprint density at radius 1 is 1.33 bits per heavy atom. The van der Waals surface area contributed by atoms with E-state index in [1.165, 1.54) is 9.75 Å². The Hall–Kier alpha value is -1.00. The van der Waals surface area contributed by atoms with Gasteiger partial charge in [-0.3, -0.25) is 4.79 Å². The highest BCUT2D eigenvalue weighted by Crippen LogP contribution is 2.34. The first-order valence-corrected chi connectivity index (χ1v) is 6.61. The van der Waals surface area contributed by atoms with Crippen LogP contribution in [0.1, 0.15) is 28.2 Å². The van der Waals surface area contributed by atoms with E-state index in [4.69, 9.17) is 0 Å². The molecule has 3 rings (SSSR count). The molecule has 0 saturated carbocycles. The van der Waals surface area contributed by atoms with Crippen LogP contribution < -0.4 is 0 Å². The topological polar surface area (TPSA) is 30.0 Å². The molecule has 0 saturated heterocycles. The van der Waals surface area contributed by atoms with E-state index in [1.807, 2.05) is 11.4 Å². The number of carbonyl (C=O) groups is 1. The van der Waals surface area contributed by atoms with Gasteiger partial charge in [-0.2, -0.15) is 0 Å². The number of hydrogen-bond donors (Lipinski definition) is 0. The maximum Gasteiger partial charge on any atom is 0.182 e. The predicted octanol–water partition coefficient (Wildman–Crippen LogP) is 3.39. The number of ketones is 1. The molecule has 2 aromatic heterocycles. The molecular weight excluding hydrogens is 226 g/mol. The molecule has 1 aliphatic rings. The van der Waals surface area contributed by atoms with Gasteiger partial charge in [0.2, 0.25) is 0 Å². The average Bonchev–Trinajstić information content (AvgIpc) is 2.86. The molecule has 0 aromatic carbocycles. The van der Waals surface area contributed by atoms with Crippen molar-refractivity contribution in [1.82, 2.24) is 4.98 Å². The van der Waals surface area contributed by atoms with Crippen molar-refractivity contribution in [2.75, 3.05) is 0 Å². The minimum atomic E-state index is 0.218. The van der Waals surface area contributed by atoms with E-state index in [2.05, 4.69) is 11.1 Å². The van der Waals surface area contributed by atoms with Gasteiger partial charge in [0.05, 0.1) is 4.88 Å². The number of aryl methyl sites for hydroxylation is 1. The standard InChI is InChI=1S/C11H9NOS2/c13-7-3-1-4-8-10(7)12-11(15-8)9-5-2-6-14-9/h2,5-6H,1,3-4H2. The summed E-state index contributed by atoms with van der Waals surface area (Å²) < 4.78 is 0. The summed E-state index contributed by atoms with van der Waals surface area (Å²) in [7, 11) is 0. The lowest BCUT2D eigenvalue weighted by Gasteiger charge is -2.06. The second-order valence-corrected chi connectivity index (χ2v) is 5.58. The molecule has 0 fully saturated rings. The fourth-order valence-electron chi connectivity index (χ4n) is 1.77. The zero-order valence-corrected chi connectivity index (χ0v) is 9.66. The molecule has 0 unspecified atom stereocenters. The van der Waals surface area contributed by atoms with E-state index < -0.39 is 0 Å². The average molecular weight is 235 g/mol. The fourth-order valence-corrected chi connectivity index (χ4v) is 3.69. The lowest BCUT2D eigenvalue weighted by Crippen LogP contribution is -2.08. The van der Waals surface area contributed by atoms with E-state index in [0.29, 0.717) is 6.42 Å². The quantitative estimate of drug-likeness (QED) is 0.758. The molecule has 76 valence electrons. The fraction of sp³-hybridized carbons (Fsp3) is 0.273. The Morgan fingerprint density at radius 3 is 3.00 bits per heavy atom. The summed E-state index contributed by atoms with van der Waals surface area (Å²) in [6.07, 6.45) is 2.67. The molecule has 2 heterocycles. The van der Waals surface area contributed by atoms with Crippen molar-refractivity contribution in [2.24, 2.45) is 0 Å². The van der Waals surface area contributed by atoms with Crippen molar-refractivity contribution in [2.45, 2.75) is 19.3 Å². The maximum absolute atomic E-state index is 11.6. The van der Waals surface area contributed by atoms with Gasteiger partial charge >= 0.3 is 0 Å². The van der Waals surface area contributed by atoms with E-state index >= 15 is 0 Å². The van der Waals surface area contributed by atoms with Gasteiger partial charge in [-0.1, -0.05) is 6.07 Å². The van der Waals surface area contributed by atoms with Crippen LogP contribution in [-0.2, 0) is 6.42 Å². The van der Waals surface area contributed by atoms with Gasteiger partial charge in [-0.05, 0) is 24.3 Å². The van der Waals surface area contributed by atoms with E-state index in [1.54, 1.807) is 22.7 Å². The van der Waals surface area contributed by atoms with Crippen molar-refractivity contribution < 1.29 is 4.79 Å². The summed E-state index contributed by atoms with van der Waals surface area (Å²) >= 11 is 3.35. The number of hydrogen-bond acceptors (Lipinski definition) is 4. The highest BCUT2D eigenvalue weighted by molar-refractivity contribution is 7.21. The normalized spacial score (nSPS) is 15.3. The Kier molecular flexibility index (Phi) is 2.18. The molecule has 4 heteroatoms. The first kappa shape index (κ1) is 9.24. The molecule has 15 heavy (non-hydrogen) atoms. The van der Waals surface area contributed by atoms with Gasteiger partial charge in [0, 0.05) is 11.3 Å². The number of fused-ring (bicyclic) bond motifs is 1. The lowest BCUT2D eigenvalue weighted by atomic mass is 10.0. The number of rotatable bonds is 1. The van der Waals surface area contributed by atoms with Crippen molar-refractivity contribution in [3.05, 3.63) is 28.1 Å². The van der Waals surface area contributed by atoms with Gasteiger partial charge in [0.15, 0.2) is 5.78 Å². The lowest BCUT2D eigenvalue weighted by molar-refractivity contribution is 0.0968. The van der Waals surface area contributed by atoms with Crippen LogP contribution in [0.25, 0.3) is 9.88 Å². The number of Topliss-reactive ketones (excluding diaryl/α,β-unsaturated/α-hetero) is 1. The largest absolute Gasteiger partial charge is 0.292 e. The third-order valence-electron chi connectivity index (χ3n) is 2.50. The summed E-state index contributed by atoms with van der Waals surface area (Å²) in [5, 5.41) is 3.04. The molecular formula is C11H9NOS2. The molecule has 0 aliphatic heterocycles. The third kappa shape index (κ3) is 1.54. The Morgan fingerprint density at radius 2 is 2.27 bits per heavy atom. The minimum absolute atomic E-state index is 0.218. The first-order chi connectivity index (χ1) is 7.34. The SMILES string of the molecule is O=C1CCCc2sc(-c3cccs3)nc21. The summed E-state index contributed by atoms with van der Waals surface area (Å²) in [5.74, 6) is 0.218. The van der Waals surface area contributed by atoms with Crippen LogP contribution in [0.4, 0.5) is 0 Å². The molecule has 0 bridgehead atoms. The number of carbonyl (C=O) groups excluding carboxylic acids is 1. The Bertz CT molecular complexity index is 499. The van der Waals surface area contributed by atoms with Crippen LogP contribution in [0.5, 0.6) is 0 Å². The second kappa shape index (κ2) is 3.54. The summed E-state index contributed by atoms with van der Waals surface area (Å²) in [5.41, 5.74) is 0.731. The number of thiophene rings is 1. The van der Waals surface area contributed by atoms with Crippen molar-refractivity contribution in [1.29, 1.82) is 0 Å². The smallest absolute Gasteiger partial charge is 0.182 e. The van der Waals surface area contributed by atoms with Gasteiger partial charge in [0.1, 0.15) is 10.7 Å². The van der Waals surface area contributed by atoms with E-state index in [9.17, 15) is 4.79 Å². The zero-order valence-electron chi connectivity index (χ0n) is 8.03. The molecule has 2 nitrogen and oxygen atoms in total. The maximum atomic E-state index is 11.6. The molecule has 2 aromatic rings. The molecule has 0 spiro atoms. The number of nitrogens with zero attached hydrogens (tertiary/aromatic N) is 1. The van der Waals surface area contributed by atoms with Crippen LogP contribution in [0, 0.1) is 0 Å². The predicted molar refractivity (Wildman–Crippen MR) is 62.7 cm³/mol. The van der Waals surface area contributed by atoms with Gasteiger partial charge in [0.25, 0.3) is 0 Å². The summed E-state index contributed by atoms with van der Waals surface area (Å²) in [4.78, 5) is 18.4. The molecule has 1 aliphatic carbocycles. The Balaban J connectivity index is 2.09. The molecule has 0 atom stereocenters. The molecule has 0 amide bonds. The van der Waals surface area contributed by atoms with Crippen molar-refractivity contribution in [3.8, 4) is 9.88 Å². The van der Waals surface area contributed by atoms with Crippen LogP contribution in [-0.4, -0.2) is 10.8 Å². The zero-order chi connectivity index (χ0) is 10.3. The van der Waals surface area contributed by atoms with Gasteiger partial charge < -0.3 is 0 Å². The van der Waals surface area contributed by atoms with Crippen LogP contribution in [0.2, 0.25) is 0 Å². The number of aromatic nitrogens is 1. The number of thiazole rings is 1. The van der Waals surface area contributed by atoms with Gasteiger partial charge in [-0.15, -0.1) is 22.7 Å². The highest BCUT2D eigenvalue weighted by atomic mass is 32.1. The second-order valence-electron chi connectivity index (χ2n) is 3.54. The summed E-state index contributed by atoms with van der Waals surface area (Å²) in [6, 6.07) is 4.07. The van der Waals surface area contributed by atoms with Crippen molar-refractivity contribution >= 4 is 28.5 Å².